The summed E-state index contributed by atoms with van der Waals surface area (Å²) in [4.78, 5) is 7.33. The van der Waals surface area contributed by atoms with Gasteiger partial charge in [-0.1, -0.05) is 0 Å². The van der Waals surface area contributed by atoms with Crippen LogP contribution in [-0.4, -0.2) is 16.1 Å². The number of halogens is 4. The molecule has 1 aromatic rings. The minimum atomic E-state index is -4.09. The molecule has 0 amide bonds. The zero-order valence-corrected chi connectivity index (χ0v) is 7.94. The smallest absolute Gasteiger partial charge is 0.226 e. The monoisotopic (exact) mass is 224 g/mol. The summed E-state index contributed by atoms with van der Waals surface area (Å²) in [5.41, 5.74) is 0.665. The van der Waals surface area contributed by atoms with Crippen LogP contribution in [0, 0.1) is 0 Å². The zero-order chi connectivity index (χ0) is 10.6. The number of rotatable bonds is 3. The Balaban J connectivity index is 2.35. The minimum absolute atomic E-state index is 0.0501. The first-order valence-corrected chi connectivity index (χ1v) is 4.38. The molecule has 0 N–H and O–H groups in total. The third kappa shape index (κ3) is 4.41. The second-order valence-corrected chi connectivity index (χ2v) is 3.17. The SMILES string of the molecule is FC(F)(F)CCCc1cnc(Cl)nc1. The number of aryl methyl sites for hydroxylation is 1. The normalized spacial score (nSPS) is 11.7. The van der Waals surface area contributed by atoms with E-state index in [-0.39, 0.29) is 11.7 Å². The first kappa shape index (κ1) is 11.2. The van der Waals surface area contributed by atoms with Crippen LogP contribution < -0.4 is 0 Å². The van der Waals surface area contributed by atoms with Gasteiger partial charge in [-0.25, -0.2) is 9.97 Å². The van der Waals surface area contributed by atoms with Gasteiger partial charge in [-0.15, -0.1) is 0 Å². The van der Waals surface area contributed by atoms with E-state index in [1.54, 1.807) is 0 Å². The molecule has 0 saturated carbocycles. The standard InChI is InChI=1S/C8H8ClF3N2/c9-7-13-4-6(5-14-7)2-1-3-8(10,11)12/h4-5H,1-3H2. The summed E-state index contributed by atoms with van der Waals surface area (Å²) < 4.78 is 35.3. The van der Waals surface area contributed by atoms with Crippen molar-refractivity contribution in [3.8, 4) is 0 Å². The van der Waals surface area contributed by atoms with Crippen molar-refractivity contribution in [1.82, 2.24) is 9.97 Å². The van der Waals surface area contributed by atoms with Gasteiger partial charge in [0.1, 0.15) is 0 Å². The summed E-state index contributed by atoms with van der Waals surface area (Å²) in [6.07, 6.45) is -1.63. The van der Waals surface area contributed by atoms with Crippen LogP contribution in [0.1, 0.15) is 18.4 Å². The number of alkyl halides is 3. The molecule has 1 heterocycles. The Kier molecular flexibility index (Phi) is 3.69. The maximum atomic E-state index is 11.8. The van der Waals surface area contributed by atoms with Crippen molar-refractivity contribution < 1.29 is 13.2 Å². The Labute approximate surface area is 84.1 Å². The van der Waals surface area contributed by atoms with E-state index < -0.39 is 12.6 Å². The first-order valence-electron chi connectivity index (χ1n) is 4.00. The molecule has 0 aliphatic carbocycles. The van der Waals surface area contributed by atoms with Gasteiger partial charge >= 0.3 is 6.18 Å². The van der Waals surface area contributed by atoms with Gasteiger partial charge in [0.2, 0.25) is 5.28 Å². The fourth-order valence-corrected chi connectivity index (χ4v) is 1.06. The van der Waals surface area contributed by atoms with Crippen LogP contribution in [0.4, 0.5) is 13.2 Å². The summed E-state index contributed by atoms with van der Waals surface area (Å²) in [7, 11) is 0. The van der Waals surface area contributed by atoms with E-state index in [2.05, 4.69) is 9.97 Å². The molecule has 0 aliphatic heterocycles. The van der Waals surface area contributed by atoms with Crippen LogP contribution in [-0.2, 0) is 6.42 Å². The third-order valence-corrected chi connectivity index (χ3v) is 1.79. The van der Waals surface area contributed by atoms with E-state index >= 15 is 0 Å². The van der Waals surface area contributed by atoms with Gasteiger partial charge in [0, 0.05) is 18.8 Å². The van der Waals surface area contributed by atoms with Gasteiger partial charge in [-0.05, 0) is 30.0 Å². The molecular formula is C8H8ClF3N2. The average Bonchev–Trinajstić information content (AvgIpc) is 2.06. The molecule has 6 heteroatoms. The zero-order valence-electron chi connectivity index (χ0n) is 7.18. The number of hydrogen-bond acceptors (Lipinski definition) is 2. The van der Waals surface area contributed by atoms with Crippen LogP contribution in [0.15, 0.2) is 12.4 Å². The highest BCUT2D eigenvalue weighted by molar-refractivity contribution is 6.28. The second kappa shape index (κ2) is 4.59. The molecule has 0 saturated heterocycles. The molecule has 0 atom stereocenters. The van der Waals surface area contributed by atoms with Crippen LogP contribution in [0.25, 0.3) is 0 Å². The van der Waals surface area contributed by atoms with Gasteiger partial charge < -0.3 is 0 Å². The predicted octanol–water partition coefficient (Wildman–Crippen LogP) is 3.02. The van der Waals surface area contributed by atoms with Gasteiger partial charge in [-0.2, -0.15) is 13.2 Å². The summed E-state index contributed by atoms with van der Waals surface area (Å²) in [5, 5.41) is 0.101. The molecule has 0 unspecified atom stereocenters. The maximum Gasteiger partial charge on any atom is 0.389 e. The molecule has 0 spiro atoms. The molecule has 0 fully saturated rings. The molecule has 1 rings (SSSR count). The van der Waals surface area contributed by atoms with Crippen LogP contribution in [0.5, 0.6) is 0 Å². The Morgan fingerprint density at radius 3 is 2.29 bits per heavy atom. The Morgan fingerprint density at radius 2 is 1.79 bits per heavy atom. The van der Waals surface area contributed by atoms with Crippen molar-refractivity contribution in [3.63, 3.8) is 0 Å². The van der Waals surface area contributed by atoms with E-state index in [4.69, 9.17) is 11.6 Å². The average molecular weight is 225 g/mol. The Morgan fingerprint density at radius 1 is 1.21 bits per heavy atom. The molecule has 78 valence electrons. The maximum absolute atomic E-state index is 11.8. The lowest BCUT2D eigenvalue weighted by Crippen LogP contribution is -2.07. The van der Waals surface area contributed by atoms with Crippen LogP contribution >= 0.6 is 11.6 Å². The van der Waals surface area contributed by atoms with Gasteiger partial charge in [-0.3, -0.25) is 0 Å². The highest BCUT2D eigenvalue weighted by atomic mass is 35.5. The van der Waals surface area contributed by atoms with Crippen molar-refractivity contribution >= 4 is 11.6 Å². The summed E-state index contributed by atoms with van der Waals surface area (Å²) in [6.45, 7) is 0. The lowest BCUT2D eigenvalue weighted by atomic mass is 10.1. The van der Waals surface area contributed by atoms with Crippen LogP contribution in [0.3, 0.4) is 0 Å². The van der Waals surface area contributed by atoms with Gasteiger partial charge in [0.15, 0.2) is 0 Å². The first-order chi connectivity index (χ1) is 6.47. The fourth-order valence-electron chi connectivity index (χ4n) is 0.961. The third-order valence-electron chi connectivity index (χ3n) is 1.60. The van der Waals surface area contributed by atoms with E-state index in [0.717, 1.165) is 0 Å². The lowest BCUT2D eigenvalue weighted by Gasteiger charge is -2.04. The summed E-state index contributed by atoms with van der Waals surface area (Å²) >= 11 is 5.42. The largest absolute Gasteiger partial charge is 0.389 e. The Bertz CT molecular complexity index is 284. The minimum Gasteiger partial charge on any atom is -0.226 e. The molecule has 14 heavy (non-hydrogen) atoms. The molecule has 0 aromatic carbocycles. The van der Waals surface area contributed by atoms with Crippen molar-refractivity contribution in [3.05, 3.63) is 23.2 Å². The molecule has 0 aliphatic rings. The van der Waals surface area contributed by atoms with Crippen molar-refractivity contribution in [2.45, 2.75) is 25.4 Å². The highest BCUT2D eigenvalue weighted by Crippen LogP contribution is 2.22. The van der Waals surface area contributed by atoms with Gasteiger partial charge in [0.25, 0.3) is 0 Å². The van der Waals surface area contributed by atoms with Crippen LogP contribution in [0.2, 0.25) is 5.28 Å². The molecular weight excluding hydrogens is 217 g/mol. The molecule has 0 bridgehead atoms. The topological polar surface area (TPSA) is 25.8 Å². The molecule has 1 aromatic heterocycles. The quantitative estimate of drug-likeness (QED) is 0.738. The Hall–Kier alpha value is -0.840. The fraction of sp³-hybridized carbons (Fsp3) is 0.500. The van der Waals surface area contributed by atoms with Crippen molar-refractivity contribution in [2.24, 2.45) is 0 Å². The van der Waals surface area contributed by atoms with E-state index in [0.29, 0.717) is 12.0 Å². The second-order valence-electron chi connectivity index (χ2n) is 2.83. The molecule has 0 radical (unpaired) electrons. The lowest BCUT2D eigenvalue weighted by molar-refractivity contribution is -0.135. The number of nitrogens with zero attached hydrogens (tertiary/aromatic N) is 2. The summed E-state index contributed by atoms with van der Waals surface area (Å²) in [5.74, 6) is 0. The highest BCUT2D eigenvalue weighted by Gasteiger charge is 2.25. The van der Waals surface area contributed by atoms with Crippen molar-refractivity contribution in [2.75, 3.05) is 0 Å². The van der Waals surface area contributed by atoms with E-state index in [1.807, 2.05) is 0 Å². The number of aromatic nitrogens is 2. The predicted molar refractivity (Wildman–Crippen MR) is 46.0 cm³/mol. The summed E-state index contributed by atoms with van der Waals surface area (Å²) in [6, 6.07) is 0. The van der Waals surface area contributed by atoms with E-state index in [9.17, 15) is 13.2 Å². The molecule has 2 nitrogen and oxygen atoms in total. The van der Waals surface area contributed by atoms with Gasteiger partial charge in [0.05, 0.1) is 0 Å². The van der Waals surface area contributed by atoms with Crippen molar-refractivity contribution in [1.29, 1.82) is 0 Å². The van der Waals surface area contributed by atoms with E-state index in [1.165, 1.54) is 12.4 Å². The number of hydrogen-bond donors (Lipinski definition) is 0.